The molecular formula is C12H25NO. The molecule has 0 heterocycles. The van der Waals surface area contributed by atoms with Crippen LogP contribution in [0.1, 0.15) is 39.5 Å². The molecule has 0 bridgehead atoms. The molecule has 1 aliphatic rings. The van der Waals surface area contributed by atoms with Gasteiger partial charge in [-0.15, -0.1) is 0 Å². The Kier molecular flexibility index (Phi) is 4.90. The van der Waals surface area contributed by atoms with Crippen molar-refractivity contribution in [2.24, 2.45) is 11.8 Å². The maximum absolute atomic E-state index is 8.97. The van der Waals surface area contributed by atoms with Gasteiger partial charge in [-0.2, -0.15) is 0 Å². The van der Waals surface area contributed by atoms with Gasteiger partial charge in [0.15, 0.2) is 0 Å². The van der Waals surface area contributed by atoms with E-state index in [2.05, 4.69) is 25.8 Å². The summed E-state index contributed by atoms with van der Waals surface area (Å²) >= 11 is 0. The summed E-state index contributed by atoms with van der Waals surface area (Å²) in [6.45, 7) is 5.77. The van der Waals surface area contributed by atoms with Gasteiger partial charge in [0.25, 0.3) is 0 Å². The van der Waals surface area contributed by atoms with Crippen LogP contribution in [-0.4, -0.2) is 36.2 Å². The minimum atomic E-state index is 0.288. The van der Waals surface area contributed by atoms with E-state index in [1.165, 1.54) is 25.7 Å². The first-order chi connectivity index (χ1) is 6.70. The Bertz CT molecular complexity index is 160. The smallest absolute Gasteiger partial charge is 0.0558 e. The third kappa shape index (κ3) is 2.71. The van der Waals surface area contributed by atoms with E-state index in [0.717, 1.165) is 18.4 Å². The van der Waals surface area contributed by atoms with Gasteiger partial charge in [0.05, 0.1) is 6.61 Å². The summed E-state index contributed by atoms with van der Waals surface area (Å²) in [5.41, 5.74) is 0. The second-order valence-corrected chi connectivity index (χ2v) is 4.77. The maximum atomic E-state index is 8.97. The first-order valence-electron chi connectivity index (χ1n) is 6.01. The highest BCUT2D eigenvalue weighted by Crippen LogP contribution is 2.33. The topological polar surface area (TPSA) is 23.5 Å². The van der Waals surface area contributed by atoms with E-state index < -0.39 is 0 Å². The zero-order valence-electron chi connectivity index (χ0n) is 9.87. The molecule has 0 saturated heterocycles. The highest BCUT2D eigenvalue weighted by Gasteiger charge is 2.31. The van der Waals surface area contributed by atoms with Crippen LogP contribution in [0.25, 0.3) is 0 Å². The zero-order chi connectivity index (χ0) is 10.6. The van der Waals surface area contributed by atoms with Crippen LogP contribution in [-0.2, 0) is 0 Å². The molecule has 84 valence electrons. The Morgan fingerprint density at radius 1 is 1.36 bits per heavy atom. The standard InChI is InChI=1S/C12H25NO/c1-4-11-7-5-6-10(2)12(11)13(3)8-9-14/h10-12,14H,4-9H2,1-3H3. The van der Waals surface area contributed by atoms with Gasteiger partial charge in [0, 0.05) is 12.6 Å². The number of aliphatic hydroxyl groups excluding tert-OH is 1. The van der Waals surface area contributed by atoms with E-state index in [0.29, 0.717) is 6.04 Å². The van der Waals surface area contributed by atoms with Gasteiger partial charge in [-0.1, -0.05) is 26.7 Å². The lowest BCUT2D eigenvalue weighted by atomic mass is 9.76. The maximum Gasteiger partial charge on any atom is 0.0558 e. The quantitative estimate of drug-likeness (QED) is 0.749. The van der Waals surface area contributed by atoms with Gasteiger partial charge < -0.3 is 10.0 Å². The molecule has 0 aromatic rings. The zero-order valence-corrected chi connectivity index (χ0v) is 9.87. The lowest BCUT2D eigenvalue weighted by molar-refractivity contribution is 0.0667. The molecule has 0 aromatic heterocycles. The average Bonchev–Trinajstić information content (AvgIpc) is 2.17. The minimum Gasteiger partial charge on any atom is -0.395 e. The fourth-order valence-electron chi connectivity index (χ4n) is 3.05. The Balaban J connectivity index is 2.58. The molecule has 1 fully saturated rings. The third-order valence-electron chi connectivity index (χ3n) is 3.79. The molecule has 1 N–H and O–H groups in total. The Hall–Kier alpha value is -0.0800. The first-order valence-corrected chi connectivity index (χ1v) is 6.01. The summed E-state index contributed by atoms with van der Waals surface area (Å²) in [7, 11) is 2.16. The number of aliphatic hydroxyl groups is 1. The van der Waals surface area contributed by atoms with Crippen molar-refractivity contribution in [2.45, 2.75) is 45.6 Å². The molecule has 0 aromatic carbocycles. The summed E-state index contributed by atoms with van der Waals surface area (Å²) in [6.07, 6.45) is 5.41. The van der Waals surface area contributed by atoms with Crippen LogP contribution in [0.3, 0.4) is 0 Å². The highest BCUT2D eigenvalue weighted by atomic mass is 16.3. The van der Waals surface area contributed by atoms with Crippen molar-refractivity contribution in [2.75, 3.05) is 20.2 Å². The van der Waals surface area contributed by atoms with Crippen molar-refractivity contribution < 1.29 is 5.11 Å². The Morgan fingerprint density at radius 2 is 2.07 bits per heavy atom. The normalized spacial score (nSPS) is 33.6. The second kappa shape index (κ2) is 5.72. The van der Waals surface area contributed by atoms with E-state index >= 15 is 0 Å². The van der Waals surface area contributed by atoms with Gasteiger partial charge in [0.2, 0.25) is 0 Å². The summed E-state index contributed by atoms with van der Waals surface area (Å²) in [6, 6.07) is 0.695. The van der Waals surface area contributed by atoms with Crippen LogP contribution in [0.15, 0.2) is 0 Å². The number of rotatable bonds is 4. The van der Waals surface area contributed by atoms with Gasteiger partial charge in [-0.3, -0.25) is 0 Å². The van der Waals surface area contributed by atoms with Crippen LogP contribution >= 0.6 is 0 Å². The van der Waals surface area contributed by atoms with Crippen molar-refractivity contribution in [3.63, 3.8) is 0 Å². The molecule has 1 saturated carbocycles. The SMILES string of the molecule is CCC1CCCC(C)C1N(C)CCO. The average molecular weight is 199 g/mol. The lowest BCUT2D eigenvalue weighted by Crippen LogP contribution is -2.45. The van der Waals surface area contributed by atoms with Crippen LogP contribution < -0.4 is 0 Å². The van der Waals surface area contributed by atoms with E-state index in [1.807, 2.05) is 0 Å². The number of nitrogens with zero attached hydrogens (tertiary/aromatic N) is 1. The van der Waals surface area contributed by atoms with Gasteiger partial charge >= 0.3 is 0 Å². The minimum absolute atomic E-state index is 0.288. The number of likely N-dealkylation sites (N-methyl/N-ethyl adjacent to an activating group) is 1. The predicted molar refractivity (Wildman–Crippen MR) is 60.3 cm³/mol. The summed E-state index contributed by atoms with van der Waals surface area (Å²) in [5, 5.41) is 8.97. The van der Waals surface area contributed by atoms with Gasteiger partial charge in [0.1, 0.15) is 0 Å². The van der Waals surface area contributed by atoms with E-state index in [9.17, 15) is 0 Å². The first kappa shape index (κ1) is 12.0. The van der Waals surface area contributed by atoms with Crippen molar-refractivity contribution in [1.29, 1.82) is 0 Å². The molecule has 3 unspecified atom stereocenters. The third-order valence-corrected chi connectivity index (χ3v) is 3.79. The van der Waals surface area contributed by atoms with Crippen molar-refractivity contribution in [3.8, 4) is 0 Å². The highest BCUT2D eigenvalue weighted by molar-refractivity contribution is 4.85. The van der Waals surface area contributed by atoms with Crippen LogP contribution in [0.5, 0.6) is 0 Å². The summed E-state index contributed by atoms with van der Waals surface area (Å²) in [4.78, 5) is 2.36. The van der Waals surface area contributed by atoms with E-state index in [1.54, 1.807) is 0 Å². The van der Waals surface area contributed by atoms with Crippen LogP contribution in [0.4, 0.5) is 0 Å². The monoisotopic (exact) mass is 199 g/mol. The largest absolute Gasteiger partial charge is 0.395 e. The van der Waals surface area contributed by atoms with Crippen LogP contribution in [0.2, 0.25) is 0 Å². The molecule has 1 rings (SSSR count). The molecule has 2 nitrogen and oxygen atoms in total. The fraction of sp³-hybridized carbons (Fsp3) is 1.00. The molecule has 0 radical (unpaired) electrons. The van der Waals surface area contributed by atoms with E-state index in [-0.39, 0.29) is 6.61 Å². The van der Waals surface area contributed by atoms with Crippen LogP contribution in [0, 0.1) is 11.8 Å². The van der Waals surface area contributed by atoms with Crippen molar-refractivity contribution in [3.05, 3.63) is 0 Å². The molecule has 3 atom stereocenters. The van der Waals surface area contributed by atoms with Gasteiger partial charge in [-0.05, 0) is 31.7 Å². The summed E-state index contributed by atoms with van der Waals surface area (Å²) in [5.74, 6) is 1.64. The van der Waals surface area contributed by atoms with Crippen molar-refractivity contribution >= 4 is 0 Å². The second-order valence-electron chi connectivity index (χ2n) is 4.77. The van der Waals surface area contributed by atoms with E-state index in [4.69, 9.17) is 5.11 Å². The summed E-state index contributed by atoms with van der Waals surface area (Å²) < 4.78 is 0. The molecule has 1 aliphatic carbocycles. The number of hydrogen-bond acceptors (Lipinski definition) is 2. The van der Waals surface area contributed by atoms with Crippen molar-refractivity contribution in [1.82, 2.24) is 4.90 Å². The lowest BCUT2D eigenvalue weighted by Gasteiger charge is -2.42. The Labute approximate surface area is 88.3 Å². The molecular weight excluding hydrogens is 174 g/mol. The molecule has 2 heteroatoms. The number of hydrogen-bond donors (Lipinski definition) is 1. The Morgan fingerprint density at radius 3 is 2.64 bits per heavy atom. The molecule has 0 aliphatic heterocycles. The molecule has 14 heavy (non-hydrogen) atoms. The fourth-order valence-corrected chi connectivity index (χ4v) is 3.05. The predicted octanol–water partition coefficient (Wildman–Crippen LogP) is 2.13. The molecule has 0 spiro atoms. The van der Waals surface area contributed by atoms with Gasteiger partial charge in [-0.25, -0.2) is 0 Å². The molecule has 0 amide bonds.